The number of benzene rings is 3. The molecule has 1 aromatic heterocycles. The van der Waals surface area contributed by atoms with Crippen LogP contribution in [0.25, 0.3) is 28.3 Å². The number of hydrogen-bond donors (Lipinski definition) is 4. The molecule has 4 aromatic rings. The minimum absolute atomic E-state index is 0.157. The molecule has 46 heavy (non-hydrogen) atoms. The van der Waals surface area contributed by atoms with Gasteiger partial charge in [-0.2, -0.15) is 0 Å². The number of esters is 1. The second-order valence-corrected chi connectivity index (χ2v) is 10.9. The van der Waals surface area contributed by atoms with Crippen LogP contribution < -0.4 is 5.32 Å². The Kier molecular flexibility index (Phi) is 10.8. The summed E-state index contributed by atoms with van der Waals surface area (Å²) in [7, 11) is 1.24. The van der Waals surface area contributed by atoms with E-state index in [9.17, 15) is 33.4 Å². The van der Waals surface area contributed by atoms with Crippen molar-refractivity contribution in [2.75, 3.05) is 12.4 Å². The van der Waals surface area contributed by atoms with Crippen LogP contribution in [0.5, 0.6) is 0 Å². The molecule has 0 fully saturated rings. The van der Waals surface area contributed by atoms with Gasteiger partial charge in [0.25, 0.3) is 5.91 Å². The Morgan fingerprint density at radius 2 is 1.50 bits per heavy atom. The summed E-state index contributed by atoms with van der Waals surface area (Å²) in [6, 6.07) is 16.9. The Morgan fingerprint density at radius 3 is 2.04 bits per heavy atom. The van der Waals surface area contributed by atoms with Crippen molar-refractivity contribution in [3.8, 4) is 22.3 Å². The molecule has 0 aliphatic rings. The third-order valence-corrected chi connectivity index (χ3v) is 7.18. The fourth-order valence-corrected chi connectivity index (χ4v) is 5.21. The lowest BCUT2D eigenvalue weighted by Crippen LogP contribution is -2.20. The summed E-state index contributed by atoms with van der Waals surface area (Å²) in [5.74, 6) is -3.36. The number of aromatic nitrogens is 1. The summed E-state index contributed by atoms with van der Waals surface area (Å²) in [5, 5.41) is 32.6. The largest absolute Gasteiger partial charge is 0.481 e. The van der Waals surface area contributed by atoms with Crippen LogP contribution in [0, 0.1) is 11.6 Å². The topological polar surface area (TPSA) is 138 Å². The maximum absolute atomic E-state index is 14.2. The lowest BCUT2D eigenvalue weighted by atomic mass is 9.94. The average Bonchev–Trinajstić information content (AvgIpc) is 3.35. The maximum atomic E-state index is 14.2. The van der Waals surface area contributed by atoms with Crippen LogP contribution in [0.1, 0.15) is 59.3 Å². The molecule has 2 atom stereocenters. The molecule has 4 rings (SSSR count). The quantitative estimate of drug-likeness (QED) is 0.134. The van der Waals surface area contributed by atoms with Crippen LogP contribution in [-0.4, -0.2) is 57.1 Å². The highest BCUT2D eigenvalue weighted by Crippen LogP contribution is 2.43. The molecule has 1 amide bonds. The first-order valence-electron chi connectivity index (χ1n) is 14.5. The number of carbonyl (C=O) groups excluding carboxylic acids is 2. The third-order valence-electron chi connectivity index (χ3n) is 7.18. The number of ether oxygens (including phenoxy) is 1. The standard InChI is InChI=1S/C35H34F2N2O7/c1-20(2)39-29(16-15-27(40)18-28(41)19-30(42)43)31(21-7-11-24(36)12-8-21)32(22-9-13-25(37)14-10-22)33(39)34(44)38-26-6-4-5-23(17-26)35(45)46-3/h4-17,20,27-28,40-41H,18-19H2,1-3H3,(H,38,44)(H,42,43)/t27-,28-/m1/s1. The fourth-order valence-electron chi connectivity index (χ4n) is 5.21. The monoisotopic (exact) mass is 632 g/mol. The van der Waals surface area contributed by atoms with Crippen LogP contribution >= 0.6 is 0 Å². The van der Waals surface area contributed by atoms with E-state index in [1.807, 2.05) is 13.8 Å². The number of carbonyl (C=O) groups is 3. The molecule has 9 nitrogen and oxygen atoms in total. The molecule has 0 aliphatic heterocycles. The highest BCUT2D eigenvalue weighted by atomic mass is 19.1. The van der Waals surface area contributed by atoms with E-state index in [2.05, 4.69) is 5.32 Å². The van der Waals surface area contributed by atoms with Crippen molar-refractivity contribution >= 4 is 29.6 Å². The number of amides is 1. The zero-order valence-corrected chi connectivity index (χ0v) is 25.4. The number of carboxylic acid groups (broad SMARTS) is 1. The Morgan fingerprint density at radius 1 is 0.913 bits per heavy atom. The van der Waals surface area contributed by atoms with Gasteiger partial charge in [-0.25, -0.2) is 13.6 Å². The number of aliphatic hydroxyl groups is 2. The number of hydrogen-bond acceptors (Lipinski definition) is 6. The average molecular weight is 633 g/mol. The van der Waals surface area contributed by atoms with E-state index in [0.29, 0.717) is 33.6 Å². The van der Waals surface area contributed by atoms with Crippen molar-refractivity contribution in [2.45, 2.75) is 44.9 Å². The summed E-state index contributed by atoms with van der Waals surface area (Å²) in [6.07, 6.45) is -0.433. The summed E-state index contributed by atoms with van der Waals surface area (Å²) in [6.45, 7) is 3.67. The molecule has 240 valence electrons. The number of nitrogens with zero attached hydrogens (tertiary/aromatic N) is 1. The molecule has 0 saturated heterocycles. The number of rotatable bonds is 12. The maximum Gasteiger partial charge on any atom is 0.337 e. The Hall–Kier alpha value is -5.13. The first-order chi connectivity index (χ1) is 21.9. The molecule has 0 aliphatic carbocycles. The van der Waals surface area contributed by atoms with Gasteiger partial charge in [-0.3, -0.25) is 9.59 Å². The van der Waals surface area contributed by atoms with E-state index in [1.54, 1.807) is 22.8 Å². The van der Waals surface area contributed by atoms with Crippen molar-refractivity contribution in [3.63, 3.8) is 0 Å². The summed E-state index contributed by atoms with van der Waals surface area (Å²) < 4.78 is 34.7. The van der Waals surface area contributed by atoms with E-state index in [-0.39, 0.29) is 23.7 Å². The Labute approximate surface area is 264 Å². The summed E-state index contributed by atoms with van der Waals surface area (Å²) in [5.41, 5.74) is 2.96. The number of aliphatic hydroxyl groups excluding tert-OH is 2. The number of anilines is 1. The zero-order valence-electron chi connectivity index (χ0n) is 25.4. The second-order valence-electron chi connectivity index (χ2n) is 10.9. The lowest BCUT2D eigenvalue weighted by molar-refractivity contribution is -0.139. The van der Waals surface area contributed by atoms with Crippen LogP contribution in [0.2, 0.25) is 0 Å². The molecule has 0 spiro atoms. The normalized spacial score (nSPS) is 12.7. The van der Waals surface area contributed by atoms with Gasteiger partial charge >= 0.3 is 11.9 Å². The molecule has 1 heterocycles. The second kappa shape index (κ2) is 14.8. The molecular formula is C35H34F2N2O7. The van der Waals surface area contributed by atoms with Gasteiger partial charge in [0.1, 0.15) is 17.3 Å². The SMILES string of the molecule is COC(=O)c1cccc(NC(=O)c2c(-c3ccc(F)cc3)c(-c3ccc(F)cc3)c(C=C[C@@H](O)C[C@@H](O)CC(=O)O)n2C(C)C)c1. The predicted octanol–water partition coefficient (Wildman–Crippen LogP) is 6.32. The van der Waals surface area contributed by atoms with Crippen molar-refractivity contribution in [1.29, 1.82) is 0 Å². The molecule has 0 bridgehead atoms. The van der Waals surface area contributed by atoms with Crippen LogP contribution in [0.3, 0.4) is 0 Å². The molecule has 0 unspecified atom stereocenters. The molecule has 4 N–H and O–H groups in total. The van der Waals surface area contributed by atoms with E-state index in [1.165, 1.54) is 73.8 Å². The van der Waals surface area contributed by atoms with Gasteiger partial charge in [0.2, 0.25) is 0 Å². The minimum atomic E-state index is -1.30. The number of methoxy groups -OCH3 is 1. The van der Waals surface area contributed by atoms with Gasteiger partial charge in [0, 0.05) is 35.0 Å². The van der Waals surface area contributed by atoms with Crippen molar-refractivity contribution in [1.82, 2.24) is 4.57 Å². The predicted molar refractivity (Wildman–Crippen MR) is 169 cm³/mol. The van der Waals surface area contributed by atoms with Crippen molar-refractivity contribution < 1.29 is 43.2 Å². The number of halogens is 2. The molecule has 0 radical (unpaired) electrons. The molecule has 11 heteroatoms. The van der Waals surface area contributed by atoms with E-state index in [0.717, 1.165) is 0 Å². The first kappa shape index (κ1) is 33.8. The molecule has 3 aromatic carbocycles. The molecular weight excluding hydrogens is 598 g/mol. The first-order valence-corrected chi connectivity index (χ1v) is 14.5. The lowest BCUT2D eigenvalue weighted by Gasteiger charge is -2.17. The fraction of sp³-hybridized carbons (Fsp3) is 0.229. The smallest absolute Gasteiger partial charge is 0.337 e. The summed E-state index contributed by atoms with van der Waals surface area (Å²) >= 11 is 0. The van der Waals surface area contributed by atoms with Crippen LogP contribution in [0.4, 0.5) is 14.5 Å². The van der Waals surface area contributed by atoms with Crippen molar-refractivity contribution in [2.24, 2.45) is 0 Å². The van der Waals surface area contributed by atoms with Crippen LogP contribution in [0.15, 0.2) is 78.9 Å². The van der Waals surface area contributed by atoms with Crippen molar-refractivity contribution in [3.05, 3.63) is 107 Å². The zero-order chi connectivity index (χ0) is 33.5. The van der Waals surface area contributed by atoms with Gasteiger partial charge in [-0.1, -0.05) is 36.4 Å². The van der Waals surface area contributed by atoms with Gasteiger partial charge in [0.15, 0.2) is 0 Å². The highest BCUT2D eigenvalue weighted by Gasteiger charge is 2.30. The number of nitrogens with one attached hydrogen (secondary N) is 1. The van der Waals surface area contributed by atoms with Gasteiger partial charge in [-0.05, 0) is 73.5 Å². The summed E-state index contributed by atoms with van der Waals surface area (Å²) in [4.78, 5) is 37.4. The Balaban J connectivity index is 1.97. The number of aliphatic carboxylic acids is 1. The van der Waals surface area contributed by atoms with Gasteiger partial charge in [-0.15, -0.1) is 0 Å². The van der Waals surface area contributed by atoms with E-state index in [4.69, 9.17) is 9.84 Å². The minimum Gasteiger partial charge on any atom is -0.481 e. The van der Waals surface area contributed by atoms with E-state index < -0.39 is 48.1 Å². The Bertz CT molecular complexity index is 1750. The number of carboxylic acids is 1. The molecule has 0 saturated carbocycles. The van der Waals surface area contributed by atoms with Crippen LogP contribution in [-0.2, 0) is 9.53 Å². The third kappa shape index (κ3) is 7.92. The van der Waals surface area contributed by atoms with Gasteiger partial charge in [0.05, 0.1) is 31.3 Å². The highest BCUT2D eigenvalue weighted by molar-refractivity contribution is 6.12. The van der Waals surface area contributed by atoms with E-state index >= 15 is 0 Å². The van der Waals surface area contributed by atoms with Gasteiger partial charge < -0.3 is 29.9 Å².